The number of halogens is 1. The lowest BCUT2D eigenvalue weighted by Gasteiger charge is -2.11. The fraction of sp³-hybridized carbons (Fsp3) is 0.167. The molecule has 0 aliphatic rings. The van der Waals surface area contributed by atoms with Crippen LogP contribution in [0.4, 0.5) is 17.6 Å². The Bertz CT molecular complexity index is 648. The van der Waals surface area contributed by atoms with Crippen molar-refractivity contribution < 1.29 is 4.79 Å². The summed E-state index contributed by atoms with van der Waals surface area (Å²) in [6.45, 7) is 1.72. The van der Waals surface area contributed by atoms with Gasteiger partial charge in [-0.15, -0.1) is 0 Å². The monoisotopic (exact) mass is 324 g/mol. The van der Waals surface area contributed by atoms with E-state index in [0.29, 0.717) is 15.9 Å². The Hall–Kier alpha value is -2.06. The number of hydrogen-bond donors (Lipinski definition) is 3. The normalized spacial score (nSPS) is 11.9. The van der Waals surface area contributed by atoms with Crippen molar-refractivity contribution in [2.75, 3.05) is 16.8 Å². The average Bonchev–Trinajstić information content (AvgIpc) is 2.37. The molecule has 2 rings (SSSR count). The first-order valence-electron chi connectivity index (χ1n) is 5.94. The van der Waals surface area contributed by atoms with Crippen LogP contribution in [0, 0.1) is 0 Å². The number of thioether (sulfide) groups is 1. The molecule has 0 saturated carbocycles. The van der Waals surface area contributed by atoms with Gasteiger partial charge in [-0.2, -0.15) is 15.0 Å². The van der Waals surface area contributed by atoms with Crippen molar-refractivity contribution in [2.45, 2.75) is 17.3 Å². The van der Waals surface area contributed by atoms with E-state index in [1.807, 2.05) is 0 Å². The van der Waals surface area contributed by atoms with E-state index in [0.717, 1.165) is 11.8 Å². The summed E-state index contributed by atoms with van der Waals surface area (Å²) < 4.78 is 0. The topological polar surface area (TPSA) is 120 Å². The number of nitrogens with one attached hydrogen (secondary N) is 1. The second kappa shape index (κ2) is 6.59. The molecule has 7 nitrogen and oxygen atoms in total. The highest BCUT2D eigenvalue weighted by molar-refractivity contribution is 8.00. The highest BCUT2D eigenvalue weighted by atomic mass is 35.5. The van der Waals surface area contributed by atoms with Crippen LogP contribution in [0.15, 0.2) is 29.4 Å². The number of benzene rings is 1. The maximum atomic E-state index is 12.1. The van der Waals surface area contributed by atoms with Crippen LogP contribution in [-0.2, 0) is 4.79 Å². The Balaban J connectivity index is 2.02. The Kier molecular flexibility index (Phi) is 4.81. The van der Waals surface area contributed by atoms with Gasteiger partial charge in [-0.25, -0.2) is 0 Å². The van der Waals surface area contributed by atoms with E-state index in [2.05, 4.69) is 20.3 Å². The number of nitrogens with zero attached hydrogens (tertiary/aromatic N) is 3. The molecule has 0 saturated heterocycles. The van der Waals surface area contributed by atoms with Crippen molar-refractivity contribution in [3.05, 3.63) is 29.3 Å². The zero-order valence-electron chi connectivity index (χ0n) is 11.1. The Labute approximate surface area is 130 Å². The van der Waals surface area contributed by atoms with Gasteiger partial charge in [0, 0.05) is 10.7 Å². The molecule has 1 atom stereocenters. The highest BCUT2D eigenvalue weighted by Crippen LogP contribution is 2.22. The highest BCUT2D eigenvalue weighted by Gasteiger charge is 2.17. The molecule has 0 spiro atoms. The molecule has 0 radical (unpaired) electrons. The molecule has 1 aromatic carbocycles. The van der Waals surface area contributed by atoms with Crippen molar-refractivity contribution in [1.82, 2.24) is 15.0 Å². The van der Waals surface area contributed by atoms with Crippen molar-refractivity contribution >= 4 is 46.9 Å². The predicted octanol–water partition coefficient (Wildman–Crippen LogP) is 1.81. The van der Waals surface area contributed by atoms with Crippen LogP contribution in [0.3, 0.4) is 0 Å². The third kappa shape index (κ3) is 4.47. The second-order valence-corrected chi connectivity index (χ2v) is 5.84. The van der Waals surface area contributed by atoms with Gasteiger partial charge in [0.05, 0.1) is 5.25 Å². The number of carbonyl (C=O) groups excluding carboxylic acids is 1. The zero-order valence-corrected chi connectivity index (χ0v) is 12.6. The Morgan fingerprint density at radius 3 is 2.57 bits per heavy atom. The number of hydrogen-bond acceptors (Lipinski definition) is 7. The summed E-state index contributed by atoms with van der Waals surface area (Å²) in [7, 11) is 0. The van der Waals surface area contributed by atoms with Crippen molar-refractivity contribution in [3.63, 3.8) is 0 Å². The molecule has 110 valence electrons. The molecule has 9 heteroatoms. The van der Waals surface area contributed by atoms with Gasteiger partial charge in [-0.05, 0) is 25.1 Å². The van der Waals surface area contributed by atoms with Gasteiger partial charge in [-0.1, -0.05) is 29.4 Å². The number of aromatic nitrogens is 3. The number of amides is 1. The summed E-state index contributed by atoms with van der Waals surface area (Å²) in [5.74, 6) is -0.167. The maximum absolute atomic E-state index is 12.1. The van der Waals surface area contributed by atoms with E-state index in [1.165, 1.54) is 0 Å². The third-order valence-corrected chi connectivity index (χ3v) is 3.59. The minimum Gasteiger partial charge on any atom is -0.368 e. The molecule has 0 aliphatic carbocycles. The van der Waals surface area contributed by atoms with Gasteiger partial charge in [0.15, 0.2) is 5.16 Å². The molecular formula is C12H13ClN6OS. The summed E-state index contributed by atoms with van der Waals surface area (Å²) in [6.07, 6.45) is 0. The lowest BCUT2D eigenvalue weighted by atomic mass is 10.3. The smallest absolute Gasteiger partial charge is 0.237 e. The molecule has 21 heavy (non-hydrogen) atoms. The van der Waals surface area contributed by atoms with Crippen molar-refractivity contribution in [3.8, 4) is 0 Å². The van der Waals surface area contributed by atoms with Crippen molar-refractivity contribution in [2.24, 2.45) is 0 Å². The summed E-state index contributed by atoms with van der Waals surface area (Å²) in [4.78, 5) is 23.6. The lowest BCUT2D eigenvalue weighted by Crippen LogP contribution is -2.22. The Morgan fingerprint density at radius 2 is 1.95 bits per heavy atom. The van der Waals surface area contributed by atoms with E-state index < -0.39 is 5.25 Å². The molecule has 0 aliphatic heterocycles. The summed E-state index contributed by atoms with van der Waals surface area (Å²) >= 11 is 7.00. The fourth-order valence-corrected chi connectivity index (χ4v) is 2.43. The third-order valence-electron chi connectivity index (χ3n) is 2.39. The first-order valence-corrected chi connectivity index (χ1v) is 7.20. The van der Waals surface area contributed by atoms with Crippen molar-refractivity contribution in [1.29, 1.82) is 0 Å². The van der Waals surface area contributed by atoms with E-state index in [9.17, 15) is 4.79 Å². The molecule has 5 N–H and O–H groups in total. The van der Waals surface area contributed by atoms with Gasteiger partial charge in [-0.3, -0.25) is 4.79 Å². The predicted molar refractivity (Wildman–Crippen MR) is 84.1 cm³/mol. The SMILES string of the molecule is CC(Sc1nc(N)nc(N)n1)C(=O)Nc1cccc(Cl)c1. The number of carbonyl (C=O) groups is 1. The quantitative estimate of drug-likeness (QED) is 0.733. The molecule has 1 unspecified atom stereocenters. The summed E-state index contributed by atoms with van der Waals surface area (Å²) in [6, 6.07) is 6.89. The van der Waals surface area contributed by atoms with Gasteiger partial charge in [0.2, 0.25) is 17.8 Å². The largest absolute Gasteiger partial charge is 0.368 e. The Morgan fingerprint density at radius 1 is 1.29 bits per heavy atom. The number of nitrogen functional groups attached to an aromatic ring is 2. The van der Waals surface area contributed by atoms with Crippen LogP contribution in [0.1, 0.15) is 6.92 Å². The van der Waals surface area contributed by atoms with Gasteiger partial charge in [0.1, 0.15) is 0 Å². The number of rotatable bonds is 4. The van der Waals surface area contributed by atoms with Gasteiger partial charge < -0.3 is 16.8 Å². The maximum Gasteiger partial charge on any atom is 0.237 e. The molecule has 1 heterocycles. The van der Waals surface area contributed by atoms with E-state index in [1.54, 1.807) is 31.2 Å². The summed E-state index contributed by atoms with van der Waals surface area (Å²) in [5.41, 5.74) is 11.6. The van der Waals surface area contributed by atoms with Crippen LogP contribution in [0.25, 0.3) is 0 Å². The number of anilines is 3. The minimum atomic E-state index is -0.440. The first kappa shape index (κ1) is 15.3. The van der Waals surface area contributed by atoms with Crippen LogP contribution in [0.2, 0.25) is 5.02 Å². The molecule has 0 bridgehead atoms. The molecular weight excluding hydrogens is 312 g/mol. The molecule has 0 fully saturated rings. The molecule has 2 aromatic rings. The summed E-state index contributed by atoms with van der Waals surface area (Å²) in [5, 5.41) is 3.16. The second-order valence-electron chi connectivity index (χ2n) is 4.09. The van der Waals surface area contributed by atoms with Crippen LogP contribution >= 0.6 is 23.4 Å². The fourth-order valence-electron chi connectivity index (χ4n) is 1.46. The zero-order chi connectivity index (χ0) is 15.4. The van der Waals surface area contributed by atoms with Crippen LogP contribution in [0.5, 0.6) is 0 Å². The van der Waals surface area contributed by atoms with Crippen LogP contribution in [-0.4, -0.2) is 26.1 Å². The number of nitrogens with two attached hydrogens (primary N) is 2. The minimum absolute atomic E-state index is 0.0208. The first-order chi connectivity index (χ1) is 9.94. The van der Waals surface area contributed by atoms with E-state index >= 15 is 0 Å². The van der Waals surface area contributed by atoms with E-state index in [-0.39, 0.29) is 17.8 Å². The van der Waals surface area contributed by atoms with E-state index in [4.69, 9.17) is 23.1 Å². The lowest BCUT2D eigenvalue weighted by molar-refractivity contribution is -0.115. The van der Waals surface area contributed by atoms with Crippen LogP contribution < -0.4 is 16.8 Å². The van der Waals surface area contributed by atoms with Gasteiger partial charge in [0.25, 0.3) is 0 Å². The molecule has 1 amide bonds. The standard InChI is InChI=1S/C12H13ClN6OS/c1-6(21-12-18-10(14)17-11(15)19-12)9(20)16-8-4-2-3-7(13)5-8/h2-6H,1H3,(H,16,20)(H4,14,15,17,18,19). The average molecular weight is 325 g/mol. The molecule has 1 aromatic heterocycles. The van der Waals surface area contributed by atoms with Gasteiger partial charge >= 0.3 is 0 Å².